The Kier molecular flexibility index (Phi) is 4.41. The number of rotatable bonds is 2. The molecule has 0 radical (unpaired) electrons. The van der Waals surface area contributed by atoms with Gasteiger partial charge in [0.1, 0.15) is 5.82 Å². The van der Waals surface area contributed by atoms with Crippen LogP contribution in [0.1, 0.15) is 38.8 Å². The first-order valence-electron chi connectivity index (χ1n) is 6.49. The van der Waals surface area contributed by atoms with E-state index in [0.717, 1.165) is 22.3 Å². The summed E-state index contributed by atoms with van der Waals surface area (Å²) in [6.45, 7) is 8.24. The fourth-order valence-corrected chi connectivity index (χ4v) is 3.04. The van der Waals surface area contributed by atoms with Crippen molar-refractivity contribution in [2.75, 3.05) is 0 Å². The molecule has 2 aromatic rings. The molecular formula is C17H17Cl2F. The second kappa shape index (κ2) is 5.75. The average molecular weight is 311 g/mol. The lowest BCUT2D eigenvalue weighted by atomic mass is 9.90. The first-order chi connectivity index (χ1) is 9.32. The van der Waals surface area contributed by atoms with Gasteiger partial charge in [-0.1, -0.05) is 23.7 Å². The molecule has 0 aromatic heterocycles. The number of halogens is 3. The molecule has 0 amide bonds. The maximum Gasteiger partial charge on any atom is 0.142 e. The molecule has 0 aliphatic carbocycles. The fraction of sp³-hybridized carbons (Fsp3) is 0.294. The van der Waals surface area contributed by atoms with Crippen LogP contribution in [0, 0.1) is 33.5 Å². The van der Waals surface area contributed by atoms with Crippen molar-refractivity contribution in [3.63, 3.8) is 0 Å². The third-order valence-corrected chi connectivity index (χ3v) is 4.69. The largest absolute Gasteiger partial charge is 0.205 e. The summed E-state index contributed by atoms with van der Waals surface area (Å²) in [5, 5.41) is -0.258. The zero-order chi connectivity index (χ0) is 15.0. The summed E-state index contributed by atoms with van der Waals surface area (Å²) < 4.78 is 13.6. The Morgan fingerprint density at radius 3 is 2.00 bits per heavy atom. The second-order valence-electron chi connectivity index (χ2n) is 5.21. The maximum atomic E-state index is 13.6. The Hall–Kier alpha value is -1.05. The second-order valence-corrected chi connectivity index (χ2v) is 6.05. The van der Waals surface area contributed by atoms with E-state index in [1.165, 1.54) is 17.2 Å². The van der Waals surface area contributed by atoms with Crippen LogP contribution in [0.25, 0.3) is 0 Å². The molecule has 1 atom stereocenters. The number of benzene rings is 2. The number of hydrogen-bond acceptors (Lipinski definition) is 0. The molecule has 0 bridgehead atoms. The minimum Gasteiger partial charge on any atom is -0.205 e. The van der Waals surface area contributed by atoms with Gasteiger partial charge in [-0.05, 0) is 73.2 Å². The molecule has 0 aliphatic heterocycles. The molecule has 0 heterocycles. The topological polar surface area (TPSA) is 0 Å². The Balaban J connectivity index is 2.58. The molecule has 0 N–H and O–H groups in total. The lowest BCUT2D eigenvalue weighted by molar-refractivity contribution is 0.626. The SMILES string of the molecule is Cc1cc(C)c(C)c(C(Cl)c2ccc(Cl)c(F)c2)c1C. The van der Waals surface area contributed by atoms with Crippen molar-refractivity contribution < 1.29 is 4.39 Å². The molecule has 20 heavy (non-hydrogen) atoms. The molecule has 3 heteroatoms. The van der Waals surface area contributed by atoms with Crippen LogP contribution in [0.15, 0.2) is 24.3 Å². The zero-order valence-corrected chi connectivity index (χ0v) is 13.5. The highest BCUT2D eigenvalue weighted by atomic mass is 35.5. The molecule has 0 fully saturated rings. The van der Waals surface area contributed by atoms with Crippen LogP contribution < -0.4 is 0 Å². The number of hydrogen-bond donors (Lipinski definition) is 0. The molecule has 2 rings (SSSR count). The third kappa shape index (κ3) is 2.70. The first kappa shape index (κ1) is 15.3. The summed E-state index contributed by atoms with van der Waals surface area (Å²) in [7, 11) is 0. The van der Waals surface area contributed by atoms with E-state index >= 15 is 0 Å². The lowest BCUT2D eigenvalue weighted by Gasteiger charge is -2.20. The quantitative estimate of drug-likeness (QED) is 0.593. The fourth-order valence-electron chi connectivity index (χ4n) is 2.46. The Bertz CT molecular complexity index is 636. The van der Waals surface area contributed by atoms with E-state index in [2.05, 4.69) is 33.8 Å². The summed E-state index contributed by atoms with van der Waals surface area (Å²) in [4.78, 5) is 0. The van der Waals surface area contributed by atoms with Crippen LogP contribution in [0.3, 0.4) is 0 Å². The van der Waals surface area contributed by atoms with Crippen LogP contribution in [0.5, 0.6) is 0 Å². The van der Waals surface area contributed by atoms with E-state index in [1.54, 1.807) is 12.1 Å². The predicted molar refractivity (Wildman–Crippen MR) is 84.5 cm³/mol. The summed E-state index contributed by atoms with van der Waals surface area (Å²) in [6, 6.07) is 6.89. The minimum absolute atomic E-state index is 0.117. The molecule has 0 saturated heterocycles. The molecular weight excluding hydrogens is 294 g/mol. The standard InChI is InChI=1S/C17H17Cl2F/c1-9-7-10(2)12(4)16(11(9)3)17(19)13-5-6-14(18)15(20)8-13/h5-8,17H,1-4H3. The van der Waals surface area contributed by atoms with Crippen molar-refractivity contribution in [1.82, 2.24) is 0 Å². The maximum absolute atomic E-state index is 13.6. The van der Waals surface area contributed by atoms with Gasteiger partial charge in [0, 0.05) is 0 Å². The highest BCUT2D eigenvalue weighted by Gasteiger charge is 2.19. The van der Waals surface area contributed by atoms with Gasteiger partial charge in [0.15, 0.2) is 0 Å². The van der Waals surface area contributed by atoms with E-state index < -0.39 is 5.82 Å². The van der Waals surface area contributed by atoms with Gasteiger partial charge in [0.05, 0.1) is 10.4 Å². The number of alkyl halides is 1. The van der Waals surface area contributed by atoms with Crippen LogP contribution in [-0.2, 0) is 0 Å². The van der Waals surface area contributed by atoms with Crippen molar-refractivity contribution >= 4 is 23.2 Å². The normalized spacial score (nSPS) is 12.6. The lowest BCUT2D eigenvalue weighted by Crippen LogP contribution is -2.04. The minimum atomic E-state index is -0.436. The third-order valence-electron chi connectivity index (χ3n) is 3.91. The Morgan fingerprint density at radius 1 is 0.950 bits per heavy atom. The molecule has 0 saturated carbocycles. The van der Waals surface area contributed by atoms with Crippen LogP contribution in [0.4, 0.5) is 4.39 Å². The summed E-state index contributed by atoms with van der Waals surface area (Å²) in [6.07, 6.45) is 0. The van der Waals surface area contributed by atoms with Gasteiger partial charge in [-0.3, -0.25) is 0 Å². The van der Waals surface area contributed by atoms with E-state index in [1.807, 2.05) is 0 Å². The number of aryl methyl sites for hydroxylation is 2. The molecule has 0 nitrogen and oxygen atoms in total. The van der Waals surface area contributed by atoms with E-state index in [-0.39, 0.29) is 10.4 Å². The Morgan fingerprint density at radius 2 is 1.50 bits per heavy atom. The van der Waals surface area contributed by atoms with Crippen LogP contribution in [0.2, 0.25) is 5.02 Å². The van der Waals surface area contributed by atoms with E-state index in [4.69, 9.17) is 23.2 Å². The summed E-state index contributed by atoms with van der Waals surface area (Å²) in [5.74, 6) is -0.436. The van der Waals surface area contributed by atoms with Crippen LogP contribution >= 0.6 is 23.2 Å². The highest BCUT2D eigenvalue weighted by Crippen LogP contribution is 2.36. The molecule has 2 aromatic carbocycles. The monoisotopic (exact) mass is 310 g/mol. The van der Waals surface area contributed by atoms with Gasteiger partial charge in [0.2, 0.25) is 0 Å². The van der Waals surface area contributed by atoms with Gasteiger partial charge in [0.25, 0.3) is 0 Å². The van der Waals surface area contributed by atoms with Gasteiger partial charge >= 0.3 is 0 Å². The molecule has 0 aliphatic rings. The average Bonchev–Trinajstić information content (AvgIpc) is 2.40. The van der Waals surface area contributed by atoms with Crippen LogP contribution in [-0.4, -0.2) is 0 Å². The molecule has 0 spiro atoms. The van der Waals surface area contributed by atoms with Crippen molar-refractivity contribution in [3.8, 4) is 0 Å². The molecule has 1 unspecified atom stereocenters. The van der Waals surface area contributed by atoms with Crippen molar-refractivity contribution in [1.29, 1.82) is 0 Å². The first-order valence-corrected chi connectivity index (χ1v) is 7.30. The predicted octanol–water partition coefficient (Wildman–Crippen LogP) is 6.04. The van der Waals surface area contributed by atoms with Crippen molar-refractivity contribution in [3.05, 3.63) is 68.5 Å². The van der Waals surface area contributed by atoms with Gasteiger partial charge in [-0.25, -0.2) is 4.39 Å². The Labute approximate surface area is 129 Å². The van der Waals surface area contributed by atoms with Gasteiger partial charge < -0.3 is 0 Å². The van der Waals surface area contributed by atoms with E-state index in [9.17, 15) is 4.39 Å². The van der Waals surface area contributed by atoms with Gasteiger partial charge in [-0.2, -0.15) is 0 Å². The summed E-state index contributed by atoms with van der Waals surface area (Å²) in [5.41, 5.74) is 6.49. The highest BCUT2D eigenvalue weighted by molar-refractivity contribution is 6.30. The zero-order valence-electron chi connectivity index (χ0n) is 12.0. The summed E-state index contributed by atoms with van der Waals surface area (Å²) >= 11 is 12.3. The van der Waals surface area contributed by atoms with Crippen molar-refractivity contribution in [2.24, 2.45) is 0 Å². The van der Waals surface area contributed by atoms with E-state index in [0.29, 0.717) is 0 Å². The molecule has 106 valence electrons. The smallest absolute Gasteiger partial charge is 0.142 e. The van der Waals surface area contributed by atoms with Crippen molar-refractivity contribution in [2.45, 2.75) is 33.1 Å². The van der Waals surface area contributed by atoms with Gasteiger partial charge in [-0.15, -0.1) is 11.6 Å².